The van der Waals surface area contributed by atoms with Gasteiger partial charge >= 0.3 is 5.97 Å². The topological polar surface area (TPSA) is 91.6 Å². The summed E-state index contributed by atoms with van der Waals surface area (Å²) in [7, 11) is 1.81. The Morgan fingerprint density at radius 1 is 1.15 bits per heavy atom. The lowest BCUT2D eigenvalue weighted by atomic mass is 10.1. The van der Waals surface area contributed by atoms with Crippen LogP contribution < -0.4 is 10.6 Å². The predicted molar refractivity (Wildman–Crippen MR) is 72.8 cm³/mol. The zero-order chi connectivity index (χ0) is 14.5. The third-order valence-corrected chi connectivity index (χ3v) is 2.67. The van der Waals surface area contributed by atoms with E-state index in [9.17, 15) is 9.59 Å². The van der Waals surface area contributed by atoms with Gasteiger partial charge in [-0.3, -0.25) is 4.79 Å². The van der Waals surface area contributed by atoms with Gasteiger partial charge in [0.05, 0.1) is 0 Å². The number of rotatable bonds is 5. The fourth-order valence-corrected chi connectivity index (χ4v) is 1.75. The standard InChI is InChI=1S/C14H14N2O4/c1-15-8-9-4-2-3-5-10(9)16-13(17)11-6-7-12(20-11)14(18)19/h2-7,15H,8H2,1H3,(H,16,17)(H,18,19). The van der Waals surface area contributed by atoms with Gasteiger partial charge in [0.15, 0.2) is 5.76 Å². The van der Waals surface area contributed by atoms with Gasteiger partial charge in [-0.1, -0.05) is 18.2 Å². The van der Waals surface area contributed by atoms with Crippen molar-refractivity contribution in [2.45, 2.75) is 6.54 Å². The van der Waals surface area contributed by atoms with Crippen LogP contribution in [0.25, 0.3) is 0 Å². The van der Waals surface area contributed by atoms with Crippen LogP contribution in [-0.2, 0) is 6.54 Å². The molecule has 1 aromatic heterocycles. The number of amides is 1. The highest BCUT2D eigenvalue weighted by Crippen LogP contribution is 2.17. The minimum absolute atomic E-state index is 0.0401. The van der Waals surface area contributed by atoms with Crippen molar-refractivity contribution >= 4 is 17.6 Å². The van der Waals surface area contributed by atoms with Crippen LogP contribution in [0.1, 0.15) is 26.7 Å². The molecule has 2 aromatic rings. The number of carboxylic acid groups (broad SMARTS) is 1. The van der Waals surface area contributed by atoms with Gasteiger partial charge in [0.25, 0.3) is 5.91 Å². The van der Waals surface area contributed by atoms with Gasteiger partial charge in [-0.15, -0.1) is 0 Å². The molecule has 104 valence electrons. The van der Waals surface area contributed by atoms with Crippen LogP contribution in [0.15, 0.2) is 40.8 Å². The highest BCUT2D eigenvalue weighted by molar-refractivity contribution is 6.03. The molecule has 2 rings (SSSR count). The fraction of sp³-hybridized carbons (Fsp3) is 0.143. The largest absolute Gasteiger partial charge is 0.475 e. The van der Waals surface area contributed by atoms with Gasteiger partial charge in [-0.05, 0) is 30.8 Å². The van der Waals surface area contributed by atoms with Crippen molar-refractivity contribution < 1.29 is 19.1 Å². The number of furan rings is 1. The molecule has 0 radical (unpaired) electrons. The highest BCUT2D eigenvalue weighted by Gasteiger charge is 2.15. The monoisotopic (exact) mass is 274 g/mol. The van der Waals surface area contributed by atoms with Crippen molar-refractivity contribution in [3.63, 3.8) is 0 Å². The maximum absolute atomic E-state index is 12.0. The van der Waals surface area contributed by atoms with Crippen molar-refractivity contribution in [3.05, 3.63) is 53.5 Å². The normalized spacial score (nSPS) is 10.2. The predicted octanol–water partition coefficient (Wildman–Crippen LogP) is 1.95. The Labute approximate surface area is 115 Å². The number of hydrogen-bond donors (Lipinski definition) is 3. The molecule has 0 fully saturated rings. The SMILES string of the molecule is CNCc1ccccc1NC(=O)c1ccc(C(=O)O)o1. The molecule has 0 saturated carbocycles. The van der Waals surface area contributed by atoms with Gasteiger partial charge in [-0.2, -0.15) is 0 Å². The van der Waals surface area contributed by atoms with Gasteiger partial charge < -0.3 is 20.2 Å². The van der Waals surface area contributed by atoms with E-state index in [2.05, 4.69) is 10.6 Å². The van der Waals surface area contributed by atoms with Crippen molar-refractivity contribution in [1.29, 1.82) is 0 Å². The number of para-hydroxylation sites is 1. The molecule has 0 spiro atoms. The van der Waals surface area contributed by atoms with E-state index in [1.807, 2.05) is 19.2 Å². The molecule has 0 unspecified atom stereocenters. The summed E-state index contributed by atoms with van der Waals surface area (Å²) in [5.74, 6) is -2.00. The summed E-state index contributed by atoms with van der Waals surface area (Å²) in [5, 5.41) is 14.5. The molecule has 1 amide bonds. The Balaban J connectivity index is 2.16. The summed E-state index contributed by atoms with van der Waals surface area (Å²) in [6, 6.07) is 9.91. The Morgan fingerprint density at radius 3 is 2.50 bits per heavy atom. The Kier molecular flexibility index (Phi) is 4.17. The Hall–Kier alpha value is -2.60. The first-order valence-electron chi connectivity index (χ1n) is 5.99. The number of aromatic carboxylic acids is 1. The number of benzene rings is 1. The van der Waals surface area contributed by atoms with E-state index in [0.29, 0.717) is 12.2 Å². The molecule has 0 bridgehead atoms. The van der Waals surface area contributed by atoms with Gasteiger partial charge in [-0.25, -0.2) is 4.79 Å². The summed E-state index contributed by atoms with van der Waals surface area (Å²) in [6.07, 6.45) is 0. The highest BCUT2D eigenvalue weighted by atomic mass is 16.4. The molecule has 0 aliphatic carbocycles. The van der Waals surface area contributed by atoms with Gasteiger partial charge in [0.2, 0.25) is 5.76 Å². The number of carbonyl (C=O) groups excluding carboxylic acids is 1. The lowest BCUT2D eigenvalue weighted by molar-refractivity contribution is 0.0660. The molecular formula is C14H14N2O4. The van der Waals surface area contributed by atoms with Crippen LogP contribution in [0.2, 0.25) is 0 Å². The summed E-state index contributed by atoms with van der Waals surface area (Å²) >= 11 is 0. The lowest BCUT2D eigenvalue weighted by Gasteiger charge is -2.09. The smallest absolute Gasteiger partial charge is 0.371 e. The molecule has 0 atom stereocenters. The zero-order valence-corrected chi connectivity index (χ0v) is 10.8. The maximum atomic E-state index is 12.0. The molecule has 20 heavy (non-hydrogen) atoms. The lowest BCUT2D eigenvalue weighted by Crippen LogP contribution is -2.14. The van der Waals surface area contributed by atoms with E-state index in [0.717, 1.165) is 5.56 Å². The second kappa shape index (κ2) is 6.03. The van der Waals surface area contributed by atoms with E-state index in [-0.39, 0.29) is 11.5 Å². The molecule has 0 saturated heterocycles. The average Bonchev–Trinajstić information content (AvgIpc) is 2.91. The Morgan fingerprint density at radius 2 is 1.85 bits per heavy atom. The minimum atomic E-state index is -1.21. The second-order valence-corrected chi connectivity index (χ2v) is 4.11. The third kappa shape index (κ3) is 3.04. The summed E-state index contributed by atoms with van der Waals surface area (Å²) < 4.78 is 4.95. The average molecular weight is 274 g/mol. The molecular weight excluding hydrogens is 260 g/mol. The quantitative estimate of drug-likeness (QED) is 0.775. The minimum Gasteiger partial charge on any atom is -0.475 e. The number of nitrogens with one attached hydrogen (secondary N) is 2. The van der Waals surface area contributed by atoms with Crippen molar-refractivity contribution in [2.75, 3.05) is 12.4 Å². The molecule has 1 aromatic carbocycles. The zero-order valence-electron chi connectivity index (χ0n) is 10.8. The molecule has 1 heterocycles. The van der Waals surface area contributed by atoms with Crippen LogP contribution >= 0.6 is 0 Å². The van der Waals surface area contributed by atoms with Crippen LogP contribution in [-0.4, -0.2) is 24.0 Å². The molecule has 6 nitrogen and oxygen atoms in total. The van der Waals surface area contributed by atoms with Crippen molar-refractivity contribution in [3.8, 4) is 0 Å². The first kappa shape index (κ1) is 13.8. The summed E-state index contributed by atoms with van der Waals surface area (Å²) in [4.78, 5) is 22.7. The Bertz CT molecular complexity index is 634. The third-order valence-electron chi connectivity index (χ3n) is 2.67. The molecule has 0 aliphatic heterocycles. The van der Waals surface area contributed by atoms with Crippen LogP contribution in [0.3, 0.4) is 0 Å². The van der Waals surface area contributed by atoms with Gasteiger partial charge in [0, 0.05) is 12.2 Å². The summed E-state index contributed by atoms with van der Waals surface area (Å²) in [5.41, 5.74) is 1.58. The number of hydrogen-bond acceptors (Lipinski definition) is 4. The molecule has 0 aliphatic rings. The van der Waals surface area contributed by atoms with Crippen molar-refractivity contribution in [1.82, 2.24) is 5.32 Å². The van der Waals surface area contributed by atoms with Crippen molar-refractivity contribution in [2.24, 2.45) is 0 Å². The second-order valence-electron chi connectivity index (χ2n) is 4.11. The number of anilines is 1. The molecule has 6 heteroatoms. The van der Waals surface area contributed by atoms with Crippen LogP contribution in [0.5, 0.6) is 0 Å². The van der Waals surface area contributed by atoms with Crippen LogP contribution in [0, 0.1) is 0 Å². The number of carboxylic acids is 1. The van der Waals surface area contributed by atoms with E-state index in [4.69, 9.17) is 9.52 Å². The van der Waals surface area contributed by atoms with E-state index < -0.39 is 11.9 Å². The number of carbonyl (C=O) groups is 2. The van der Waals surface area contributed by atoms with E-state index >= 15 is 0 Å². The maximum Gasteiger partial charge on any atom is 0.371 e. The van der Waals surface area contributed by atoms with Crippen LogP contribution in [0.4, 0.5) is 5.69 Å². The summed E-state index contributed by atoms with van der Waals surface area (Å²) in [6.45, 7) is 0.606. The van der Waals surface area contributed by atoms with Gasteiger partial charge in [0.1, 0.15) is 0 Å². The first-order chi connectivity index (χ1) is 9.61. The fourth-order valence-electron chi connectivity index (χ4n) is 1.75. The molecule has 3 N–H and O–H groups in total. The first-order valence-corrected chi connectivity index (χ1v) is 5.99. The van der Waals surface area contributed by atoms with E-state index in [1.54, 1.807) is 12.1 Å². The van der Waals surface area contributed by atoms with E-state index in [1.165, 1.54) is 12.1 Å².